The van der Waals surface area contributed by atoms with E-state index in [4.69, 9.17) is 4.74 Å². The van der Waals surface area contributed by atoms with Crippen LogP contribution in [0.2, 0.25) is 0 Å². The van der Waals surface area contributed by atoms with Crippen LogP contribution in [0.15, 0.2) is 24.3 Å². The maximum Gasteiger partial charge on any atom is 0.119 e. The number of hydrogen-bond acceptors (Lipinski definition) is 2. The largest absolute Gasteiger partial charge is 0.494 e. The van der Waals surface area contributed by atoms with Crippen molar-refractivity contribution in [1.82, 2.24) is 5.32 Å². The molecular formula is C15H25NO. The van der Waals surface area contributed by atoms with E-state index in [-0.39, 0.29) is 0 Å². The fourth-order valence-electron chi connectivity index (χ4n) is 1.90. The highest BCUT2D eigenvalue weighted by Gasteiger charge is 2.09. The van der Waals surface area contributed by atoms with Crippen molar-refractivity contribution in [3.8, 4) is 5.75 Å². The van der Waals surface area contributed by atoms with Gasteiger partial charge in [-0.25, -0.2) is 0 Å². The highest BCUT2D eigenvalue weighted by molar-refractivity contribution is 5.29. The van der Waals surface area contributed by atoms with Gasteiger partial charge in [0, 0.05) is 6.04 Å². The summed E-state index contributed by atoms with van der Waals surface area (Å²) in [6.45, 7) is 7.41. The molecule has 0 radical (unpaired) electrons. The summed E-state index contributed by atoms with van der Waals surface area (Å²) in [5.74, 6) is 1.56. The summed E-state index contributed by atoms with van der Waals surface area (Å²) < 4.78 is 5.58. The summed E-state index contributed by atoms with van der Waals surface area (Å²) in [5.41, 5.74) is 1.39. The third-order valence-corrected chi connectivity index (χ3v) is 3.12. The first-order valence-electron chi connectivity index (χ1n) is 6.57. The molecule has 0 aliphatic rings. The molecule has 1 aromatic carbocycles. The maximum atomic E-state index is 5.58. The van der Waals surface area contributed by atoms with Crippen LogP contribution in [0, 0.1) is 0 Å². The van der Waals surface area contributed by atoms with Gasteiger partial charge in [0.05, 0.1) is 6.61 Å². The van der Waals surface area contributed by atoms with E-state index in [2.05, 4.69) is 50.4 Å². The molecule has 96 valence electrons. The number of nitrogens with one attached hydrogen (secondary N) is 1. The van der Waals surface area contributed by atoms with Crippen molar-refractivity contribution in [3.63, 3.8) is 0 Å². The Kier molecular flexibility index (Phi) is 6.06. The lowest BCUT2D eigenvalue weighted by Crippen LogP contribution is -2.22. The Bertz CT molecular complexity index is 307. The number of hydrogen-bond donors (Lipinski definition) is 1. The maximum absolute atomic E-state index is 5.58. The van der Waals surface area contributed by atoms with Gasteiger partial charge < -0.3 is 10.1 Å². The fourth-order valence-corrected chi connectivity index (χ4v) is 1.90. The average Bonchev–Trinajstić information content (AvgIpc) is 2.36. The molecule has 0 fully saturated rings. The molecular weight excluding hydrogens is 210 g/mol. The van der Waals surface area contributed by atoms with Gasteiger partial charge in [-0.15, -0.1) is 0 Å². The molecule has 0 aliphatic carbocycles. The highest BCUT2D eigenvalue weighted by Crippen LogP contribution is 2.23. The van der Waals surface area contributed by atoms with E-state index in [1.807, 2.05) is 7.05 Å². The SMILES string of the molecule is CCCOc1ccc(C(C)CC(C)NC)cc1. The van der Waals surface area contributed by atoms with Crippen LogP contribution in [-0.4, -0.2) is 19.7 Å². The van der Waals surface area contributed by atoms with Gasteiger partial charge in [0.25, 0.3) is 0 Å². The van der Waals surface area contributed by atoms with E-state index in [0.29, 0.717) is 12.0 Å². The van der Waals surface area contributed by atoms with Crippen LogP contribution >= 0.6 is 0 Å². The van der Waals surface area contributed by atoms with Gasteiger partial charge in [0.2, 0.25) is 0 Å². The molecule has 2 nitrogen and oxygen atoms in total. The highest BCUT2D eigenvalue weighted by atomic mass is 16.5. The third-order valence-electron chi connectivity index (χ3n) is 3.12. The minimum Gasteiger partial charge on any atom is -0.494 e. The summed E-state index contributed by atoms with van der Waals surface area (Å²) in [4.78, 5) is 0. The quantitative estimate of drug-likeness (QED) is 0.780. The summed E-state index contributed by atoms with van der Waals surface area (Å²) in [7, 11) is 2.01. The van der Waals surface area contributed by atoms with E-state index in [1.165, 1.54) is 5.56 Å². The summed E-state index contributed by atoms with van der Waals surface area (Å²) in [6, 6.07) is 9.06. The second-order valence-electron chi connectivity index (χ2n) is 4.74. The first kappa shape index (κ1) is 14.0. The molecule has 0 saturated carbocycles. The Hall–Kier alpha value is -1.02. The van der Waals surface area contributed by atoms with Gasteiger partial charge in [0.15, 0.2) is 0 Å². The zero-order chi connectivity index (χ0) is 12.7. The van der Waals surface area contributed by atoms with E-state index >= 15 is 0 Å². The van der Waals surface area contributed by atoms with Crippen molar-refractivity contribution < 1.29 is 4.74 Å². The summed E-state index contributed by atoms with van der Waals surface area (Å²) >= 11 is 0. The fraction of sp³-hybridized carbons (Fsp3) is 0.600. The smallest absolute Gasteiger partial charge is 0.119 e. The van der Waals surface area contributed by atoms with Gasteiger partial charge in [-0.1, -0.05) is 26.0 Å². The first-order chi connectivity index (χ1) is 8.17. The second-order valence-corrected chi connectivity index (χ2v) is 4.74. The summed E-state index contributed by atoms with van der Waals surface area (Å²) in [5, 5.41) is 3.28. The molecule has 0 heterocycles. The third kappa shape index (κ3) is 4.78. The normalized spacial score (nSPS) is 14.4. The molecule has 0 spiro atoms. The molecule has 2 unspecified atom stereocenters. The van der Waals surface area contributed by atoms with Crippen LogP contribution < -0.4 is 10.1 Å². The topological polar surface area (TPSA) is 21.3 Å². The molecule has 1 aromatic rings. The van der Waals surface area contributed by atoms with Crippen molar-refractivity contribution in [2.24, 2.45) is 0 Å². The molecule has 1 rings (SSSR count). The zero-order valence-corrected chi connectivity index (χ0v) is 11.5. The standard InChI is InChI=1S/C15H25NO/c1-5-10-17-15-8-6-14(7-9-15)12(2)11-13(3)16-4/h6-9,12-13,16H,5,10-11H2,1-4H3. The van der Waals surface area contributed by atoms with Crippen LogP contribution in [0.5, 0.6) is 5.75 Å². The molecule has 0 aromatic heterocycles. The molecule has 2 heteroatoms. The molecule has 2 atom stereocenters. The van der Waals surface area contributed by atoms with Gasteiger partial charge in [-0.2, -0.15) is 0 Å². The van der Waals surface area contributed by atoms with E-state index < -0.39 is 0 Å². The molecule has 0 saturated heterocycles. The predicted octanol–water partition coefficient (Wildman–Crippen LogP) is 3.58. The van der Waals surface area contributed by atoms with E-state index in [9.17, 15) is 0 Å². The first-order valence-corrected chi connectivity index (χ1v) is 6.57. The van der Waals surface area contributed by atoms with Gasteiger partial charge in [-0.3, -0.25) is 0 Å². The van der Waals surface area contributed by atoms with E-state index in [1.54, 1.807) is 0 Å². The zero-order valence-electron chi connectivity index (χ0n) is 11.5. The Labute approximate surface area is 105 Å². The van der Waals surface area contributed by atoms with Gasteiger partial charge >= 0.3 is 0 Å². The van der Waals surface area contributed by atoms with Gasteiger partial charge in [-0.05, 0) is 50.4 Å². The Balaban J connectivity index is 2.54. The lowest BCUT2D eigenvalue weighted by atomic mass is 9.94. The Morgan fingerprint density at radius 3 is 2.35 bits per heavy atom. The van der Waals surface area contributed by atoms with E-state index in [0.717, 1.165) is 25.2 Å². The van der Waals surface area contributed by atoms with Crippen molar-refractivity contribution in [1.29, 1.82) is 0 Å². The van der Waals surface area contributed by atoms with Crippen LogP contribution in [0.25, 0.3) is 0 Å². The lowest BCUT2D eigenvalue weighted by Gasteiger charge is -2.17. The summed E-state index contributed by atoms with van der Waals surface area (Å²) in [6.07, 6.45) is 2.21. The lowest BCUT2D eigenvalue weighted by molar-refractivity contribution is 0.317. The van der Waals surface area contributed by atoms with Crippen molar-refractivity contribution in [2.75, 3.05) is 13.7 Å². The molecule has 0 bridgehead atoms. The number of benzene rings is 1. The predicted molar refractivity (Wildman–Crippen MR) is 73.8 cm³/mol. The van der Waals surface area contributed by atoms with Gasteiger partial charge in [0.1, 0.15) is 5.75 Å². The van der Waals surface area contributed by atoms with Crippen molar-refractivity contribution in [3.05, 3.63) is 29.8 Å². The van der Waals surface area contributed by atoms with Crippen LogP contribution in [0.3, 0.4) is 0 Å². The molecule has 0 amide bonds. The molecule has 17 heavy (non-hydrogen) atoms. The minimum absolute atomic E-state index is 0.556. The van der Waals surface area contributed by atoms with Crippen LogP contribution in [0.1, 0.15) is 45.1 Å². The van der Waals surface area contributed by atoms with Crippen LogP contribution in [-0.2, 0) is 0 Å². The molecule has 1 N–H and O–H groups in total. The molecule has 0 aliphatic heterocycles. The number of rotatable bonds is 7. The Morgan fingerprint density at radius 1 is 1.18 bits per heavy atom. The number of ether oxygens (including phenoxy) is 1. The van der Waals surface area contributed by atoms with Crippen molar-refractivity contribution >= 4 is 0 Å². The monoisotopic (exact) mass is 235 g/mol. The second kappa shape index (κ2) is 7.33. The Morgan fingerprint density at radius 2 is 1.82 bits per heavy atom. The average molecular weight is 235 g/mol. The van der Waals surface area contributed by atoms with Crippen LogP contribution in [0.4, 0.5) is 0 Å². The minimum atomic E-state index is 0.556. The van der Waals surface area contributed by atoms with Crippen molar-refractivity contribution in [2.45, 2.75) is 45.6 Å².